The summed E-state index contributed by atoms with van der Waals surface area (Å²) in [6, 6.07) is 7.07. The zero-order valence-electron chi connectivity index (χ0n) is 12.6. The van der Waals surface area contributed by atoms with E-state index in [9.17, 15) is 9.59 Å². The van der Waals surface area contributed by atoms with Crippen LogP contribution in [0.3, 0.4) is 0 Å². The number of aliphatic carboxylic acids is 1. The quantitative estimate of drug-likeness (QED) is 0.876. The van der Waals surface area contributed by atoms with Crippen LogP contribution in [0.1, 0.15) is 49.0 Å². The molecule has 1 saturated carbocycles. The van der Waals surface area contributed by atoms with Crippen LogP contribution in [0.25, 0.3) is 0 Å². The molecule has 1 aromatic carbocycles. The Morgan fingerprint density at radius 2 is 1.90 bits per heavy atom. The third-order valence-corrected chi connectivity index (χ3v) is 4.31. The van der Waals surface area contributed by atoms with Crippen molar-refractivity contribution < 1.29 is 14.7 Å². The number of carbonyl (C=O) groups is 2. The van der Waals surface area contributed by atoms with Gasteiger partial charge in [-0.25, -0.2) is 0 Å². The summed E-state index contributed by atoms with van der Waals surface area (Å²) in [5, 5.41) is 11.9. The minimum atomic E-state index is -0.863. The van der Waals surface area contributed by atoms with Gasteiger partial charge in [0.25, 0.3) is 5.91 Å². The van der Waals surface area contributed by atoms with Gasteiger partial charge in [-0.1, -0.05) is 32.4 Å². The van der Waals surface area contributed by atoms with Gasteiger partial charge in [0.15, 0.2) is 0 Å². The van der Waals surface area contributed by atoms with Gasteiger partial charge in [-0.3, -0.25) is 9.59 Å². The van der Waals surface area contributed by atoms with Gasteiger partial charge in [-0.2, -0.15) is 0 Å². The van der Waals surface area contributed by atoms with Crippen molar-refractivity contribution in [3.05, 3.63) is 35.4 Å². The van der Waals surface area contributed by atoms with Gasteiger partial charge in [0.2, 0.25) is 0 Å². The summed E-state index contributed by atoms with van der Waals surface area (Å²) >= 11 is 0. The summed E-state index contributed by atoms with van der Waals surface area (Å²) < 4.78 is 0. The van der Waals surface area contributed by atoms with E-state index in [0.717, 1.165) is 6.42 Å². The Kier molecular flexibility index (Phi) is 4.99. The number of hydrogen-bond donors (Lipinski definition) is 2. The first-order chi connectivity index (χ1) is 9.97. The molecule has 0 unspecified atom stereocenters. The standard InChI is InChI=1S/C17H23NO3/c1-11(2)14-4-3-5-15(14)18-17(21)13-8-6-12(7-9-13)10-16(19)20/h6-9,11,14-15H,3-5,10H2,1-2H3,(H,18,21)(H,19,20)/t14-,15+/m0/s1. The van der Waals surface area contributed by atoms with E-state index in [2.05, 4.69) is 19.2 Å². The third kappa shape index (κ3) is 4.06. The smallest absolute Gasteiger partial charge is 0.307 e. The number of carboxylic acids is 1. The number of hydrogen-bond acceptors (Lipinski definition) is 2. The van der Waals surface area contributed by atoms with Crippen LogP contribution in [0.4, 0.5) is 0 Å². The normalized spacial score (nSPS) is 21.5. The highest BCUT2D eigenvalue weighted by atomic mass is 16.4. The first-order valence-corrected chi connectivity index (χ1v) is 7.59. The second-order valence-electron chi connectivity index (χ2n) is 6.19. The van der Waals surface area contributed by atoms with Gasteiger partial charge in [0.05, 0.1) is 6.42 Å². The van der Waals surface area contributed by atoms with Crippen LogP contribution < -0.4 is 5.32 Å². The Morgan fingerprint density at radius 3 is 2.48 bits per heavy atom. The molecule has 21 heavy (non-hydrogen) atoms. The number of nitrogens with one attached hydrogen (secondary N) is 1. The zero-order chi connectivity index (χ0) is 15.4. The van der Waals surface area contributed by atoms with Crippen LogP contribution in [0.2, 0.25) is 0 Å². The lowest BCUT2D eigenvalue weighted by Gasteiger charge is -2.24. The highest BCUT2D eigenvalue weighted by Gasteiger charge is 2.30. The Morgan fingerprint density at radius 1 is 1.24 bits per heavy atom. The van der Waals surface area contributed by atoms with Crippen molar-refractivity contribution in [1.29, 1.82) is 0 Å². The van der Waals surface area contributed by atoms with Crippen molar-refractivity contribution >= 4 is 11.9 Å². The molecule has 0 saturated heterocycles. The predicted molar refractivity (Wildman–Crippen MR) is 81.2 cm³/mol. The number of carboxylic acid groups (broad SMARTS) is 1. The summed E-state index contributed by atoms with van der Waals surface area (Å²) in [5.41, 5.74) is 1.30. The van der Waals surface area contributed by atoms with Gasteiger partial charge >= 0.3 is 5.97 Å². The molecule has 0 aliphatic heterocycles. The van der Waals surface area contributed by atoms with Crippen LogP contribution >= 0.6 is 0 Å². The molecule has 0 aromatic heterocycles. The predicted octanol–water partition coefficient (Wildman–Crippen LogP) is 2.87. The van der Waals surface area contributed by atoms with Crippen molar-refractivity contribution in [3.63, 3.8) is 0 Å². The molecule has 1 aromatic rings. The average Bonchev–Trinajstić information content (AvgIpc) is 2.87. The fourth-order valence-corrected chi connectivity index (χ4v) is 3.17. The Hall–Kier alpha value is -1.84. The maximum atomic E-state index is 12.3. The largest absolute Gasteiger partial charge is 0.481 e. The minimum Gasteiger partial charge on any atom is -0.481 e. The highest BCUT2D eigenvalue weighted by Crippen LogP contribution is 2.31. The summed E-state index contributed by atoms with van der Waals surface area (Å²) in [7, 11) is 0. The van der Waals surface area contributed by atoms with E-state index < -0.39 is 5.97 Å². The molecule has 2 atom stereocenters. The van der Waals surface area contributed by atoms with E-state index in [-0.39, 0.29) is 18.4 Å². The molecule has 1 aliphatic rings. The minimum absolute atomic E-state index is 0.0139. The molecule has 1 fully saturated rings. The van der Waals surface area contributed by atoms with Crippen LogP contribution in [0, 0.1) is 11.8 Å². The fourth-order valence-electron chi connectivity index (χ4n) is 3.17. The summed E-state index contributed by atoms with van der Waals surface area (Å²) in [6.07, 6.45) is 3.39. The molecule has 0 bridgehead atoms. The second-order valence-corrected chi connectivity index (χ2v) is 6.19. The maximum absolute atomic E-state index is 12.3. The molecule has 0 heterocycles. The molecule has 2 N–H and O–H groups in total. The van der Waals surface area contributed by atoms with Crippen LogP contribution in [-0.2, 0) is 11.2 Å². The second kappa shape index (κ2) is 6.74. The van der Waals surface area contributed by atoms with E-state index in [1.807, 2.05) is 0 Å². The Labute approximate surface area is 125 Å². The summed E-state index contributed by atoms with van der Waals surface area (Å²) in [4.78, 5) is 22.9. The topological polar surface area (TPSA) is 66.4 Å². The van der Waals surface area contributed by atoms with Crippen LogP contribution in [-0.4, -0.2) is 23.0 Å². The van der Waals surface area contributed by atoms with Gasteiger partial charge in [0, 0.05) is 11.6 Å². The van der Waals surface area contributed by atoms with Crippen molar-refractivity contribution in [3.8, 4) is 0 Å². The Bertz CT molecular complexity index is 507. The molecule has 0 spiro atoms. The number of amides is 1. The highest BCUT2D eigenvalue weighted by molar-refractivity contribution is 5.94. The van der Waals surface area contributed by atoms with Crippen molar-refractivity contribution in [2.75, 3.05) is 0 Å². The third-order valence-electron chi connectivity index (χ3n) is 4.31. The van der Waals surface area contributed by atoms with Crippen LogP contribution in [0.5, 0.6) is 0 Å². The lowest BCUT2D eigenvalue weighted by molar-refractivity contribution is -0.136. The van der Waals surface area contributed by atoms with Crippen molar-refractivity contribution in [1.82, 2.24) is 5.32 Å². The molecule has 1 amide bonds. The molecule has 0 radical (unpaired) electrons. The van der Waals surface area contributed by atoms with Gasteiger partial charge in [0.1, 0.15) is 0 Å². The first kappa shape index (κ1) is 15.5. The van der Waals surface area contributed by atoms with Gasteiger partial charge < -0.3 is 10.4 Å². The van der Waals surface area contributed by atoms with Crippen molar-refractivity contribution in [2.45, 2.75) is 45.6 Å². The molecule has 4 heteroatoms. The monoisotopic (exact) mass is 289 g/mol. The maximum Gasteiger partial charge on any atom is 0.307 e. The lowest BCUT2D eigenvalue weighted by atomic mass is 9.91. The van der Waals surface area contributed by atoms with Crippen LogP contribution in [0.15, 0.2) is 24.3 Å². The zero-order valence-corrected chi connectivity index (χ0v) is 12.6. The van der Waals surface area contributed by atoms with E-state index >= 15 is 0 Å². The molecule has 1 aliphatic carbocycles. The van der Waals surface area contributed by atoms with Crippen molar-refractivity contribution in [2.24, 2.45) is 11.8 Å². The van der Waals surface area contributed by atoms with E-state index in [1.165, 1.54) is 12.8 Å². The average molecular weight is 289 g/mol. The van der Waals surface area contributed by atoms with E-state index in [0.29, 0.717) is 23.0 Å². The number of rotatable bonds is 5. The molecular weight excluding hydrogens is 266 g/mol. The molecule has 4 nitrogen and oxygen atoms in total. The number of carbonyl (C=O) groups excluding carboxylic acids is 1. The van der Waals surface area contributed by atoms with Gasteiger partial charge in [-0.15, -0.1) is 0 Å². The van der Waals surface area contributed by atoms with E-state index in [1.54, 1.807) is 24.3 Å². The summed E-state index contributed by atoms with van der Waals surface area (Å²) in [6.45, 7) is 4.41. The van der Waals surface area contributed by atoms with Gasteiger partial charge in [-0.05, 0) is 42.4 Å². The Balaban J connectivity index is 1.98. The molecule has 114 valence electrons. The lowest BCUT2D eigenvalue weighted by Crippen LogP contribution is -2.39. The molecular formula is C17H23NO3. The SMILES string of the molecule is CC(C)[C@@H]1CCC[C@H]1NC(=O)c1ccc(CC(=O)O)cc1. The number of benzene rings is 1. The molecule has 2 rings (SSSR count). The van der Waals surface area contributed by atoms with E-state index in [4.69, 9.17) is 5.11 Å². The summed E-state index contributed by atoms with van der Waals surface area (Å²) in [5.74, 6) is 0.211. The fraction of sp³-hybridized carbons (Fsp3) is 0.529. The first-order valence-electron chi connectivity index (χ1n) is 7.59.